The molecule has 0 atom stereocenters. The summed E-state index contributed by atoms with van der Waals surface area (Å²) in [7, 11) is 0. The molecule has 0 saturated heterocycles. The van der Waals surface area contributed by atoms with Crippen molar-refractivity contribution in [3.8, 4) is 0 Å². The first-order chi connectivity index (χ1) is 8.24. The average Bonchev–Trinajstić information content (AvgIpc) is 2.32. The second kappa shape index (κ2) is 5.75. The number of nitrogens with zero attached hydrogens (tertiary/aromatic N) is 3. The van der Waals surface area contributed by atoms with Crippen LogP contribution in [-0.2, 0) is 0 Å². The summed E-state index contributed by atoms with van der Waals surface area (Å²) in [6.07, 6.45) is 1.70. The molecule has 0 aliphatic carbocycles. The van der Waals surface area contributed by atoms with Gasteiger partial charge in [-0.15, -0.1) is 10.2 Å². The Kier molecular flexibility index (Phi) is 4.06. The Morgan fingerprint density at radius 3 is 2.82 bits per heavy atom. The van der Waals surface area contributed by atoms with E-state index in [0.717, 1.165) is 10.0 Å². The second-order valence-corrected chi connectivity index (χ2v) is 4.47. The minimum absolute atomic E-state index is 0.353. The van der Waals surface area contributed by atoms with Crippen LogP contribution in [0.3, 0.4) is 0 Å². The van der Waals surface area contributed by atoms with E-state index in [1.165, 1.54) is 0 Å². The molecule has 1 N–H and O–H groups in total. The molecule has 17 heavy (non-hydrogen) atoms. The van der Waals surface area contributed by atoms with Crippen molar-refractivity contribution in [2.75, 3.05) is 5.43 Å². The van der Waals surface area contributed by atoms with E-state index in [1.807, 2.05) is 24.3 Å². The van der Waals surface area contributed by atoms with E-state index in [-0.39, 0.29) is 0 Å². The normalized spacial score (nSPS) is 10.7. The Bertz CT molecular complexity index is 527. The molecule has 2 aromatic rings. The van der Waals surface area contributed by atoms with Gasteiger partial charge in [0.15, 0.2) is 11.0 Å². The van der Waals surface area contributed by atoms with Gasteiger partial charge in [0.25, 0.3) is 0 Å². The number of halogens is 2. The maximum Gasteiger partial charge on any atom is 0.168 e. The molecule has 0 amide bonds. The third-order valence-electron chi connectivity index (χ3n) is 1.87. The Labute approximate surface area is 112 Å². The highest BCUT2D eigenvalue weighted by molar-refractivity contribution is 9.10. The zero-order valence-corrected chi connectivity index (χ0v) is 11.0. The fourth-order valence-electron chi connectivity index (χ4n) is 1.14. The van der Waals surface area contributed by atoms with Gasteiger partial charge in [0.05, 0.1) is 6.21 Å². The first-order valence-corrected chi connectivity index (χ1v) is 5.95. The van der Waals surface area contributed by atoms with Gasteiger partial charge >= 0.3 is 0 Å². The molecule has 0 unspecified atom stereocenters. The summed E-state index contributed by atoms with van der Waals surface area (Å²) in [5, 5.41) is 11.9. The molecule has 0 bridgehead atoms. The Hall–Kier alpha value is -1.46. The van der Waals surface area contributed by atoms with E-state index in [9.17, 15) is 0 Å². The van der Waals surface area contributed by atoms with Crippen molar-refractivity contribution in [2.45, 2.75) is 0 Å². The van der Waals surface area contributed by atoms with Crippen LogP contribution in [0.1, 0.15) is 5.56 Å². The second-order valence-electron chi connectivity index (χ2n) is 3.17. The standard InChI is InChI=1S/C11H8BrClN4/c12-9-3-1-2-8(6-9)7-14-16-11-5-4-10(13)15-17-11/h1-7H,(H,16,17). The molecular weight excluding hydrogens is 304 g/mol. The van der Waals surface area contributed by atoms with Crippen molar-refractivity contribution in [1.82, 2.24) is 10.2 Å². The van der Waals surface area contributed by atoms with Gasteiger partial charge in [-0.3, -0.25) is 5.43 Å². The maximum atomic E-state index is 5.61. The van der Waals surface area contributed by atoms with Gasteiger partial charge < -0.3 is 0 Å². The summed E-state index contributed by atoms with van der Waals surface area (Å²) in [5.41, 5.74) is 3.74. The number of nitrogens with one attached hydrogen (secondary N) is 1. The van der Waals surface area contributed by atoms with Crippen LogP contribution in [-0.4, -0.2) is 16.4 Å². The lowest BCUT2D eigenvalue weighted by atomic mass is 10.2. The number of aromatic nitrogens is 2. The summed E-state index contributed by atoms with van der Waals surface area (Å²) in [6, 6.07) is 11.1. The lowest BCUT2D eigenvalue weighted by molar-refractivity contribution is 1.02. The summed E-state index contributed by atoms with van der Waals surface area (Å²) >= 11 is 9.00. The molecular formula is C11H8BrClN4. The monoisotopic (exact) mass is 310 g/mol. The van der Waals surface area contributed by atoms with Crippen LogP contribution < -0.4 is 5.43 Å². The van der Waals surface area contributed by atoms with Crippen molar-refractivity contribution in [3.05, 3.63) is 51.6 Å². The van der Waals surface area contributed by atoms with E-state index < -0.39 is 0 Å². The number of hydrogen-bond acceptors (Lipinski definition) is 4. The lowest BCUT2D eigenvalue weighted by Crippen LogP contribution is -1.94. The molecule has 1 aromatic heterocycles. The van der Waals surface area contributed by atoms with Gasteiger partial charge in [0, 0.05) is 4.47 Å². The number of anilines is 1. The number of hydrazone groups is 1. The molecule has 1 aromatic carbocycles. The maximum absolute atomic E-state index is 5.61. The van der Waals surface area contributed by atoms with E-state index in [0.29, 0.717) is 11.0 Å². The summed E-state index contributed by atoms with van der Waals surface area (Å²) in [6.45, 7) is 0. The van der Waals surface area contributed by atoms with Crippen molar-refractivity contribution in [3.63, 3.8) is 0 Å². The first-order valence-electron chi connectivity index (χ1n) is 4.78. The average molecular weight is 312 g/mol. The van der Waals surface area contributed by atoms with E-state index in [1.54, 1.807) is 18.3 Å². The predicted octanol–water partition coefficient (Wildman–Crippen LogP) is 3.34. The van der Waals surface area contributed by atoms with Crippen LogP contribution in [0.5, 0.6) is 0 Å². The topological polar surface area (TPSA) is 50.2 Å². The molecule has 0 aliphatic rings. The Morgan fingerprint density at radius 2 is 2.12 bits per heavy atom. The lowest BCUT2D eigenvalue weighted by Gasteiger charge is -1.97. The van der Waals surface area contributed by atoms with Gasteiger partial charge in [-0.25, -0.2) is 0 Å². The van der Waals surface area contributed by atoms with Crippen LogP contribution in [0.4, 0.5) is 5.82 Å². The fraction of sp³-hybridized carbons (Fsp3) is 0. The minimum Gasteiger partial charge on any atom is -0.260 e. The predicted molar refractivity (Wildman–Crippen MR) is 72.4 cm³/mol. The molecule has 0 radical (unpaired) electrons. The fourth-order valence-corrected chi connectivity index (χ4v) is 1.65. The number of hydrogen-bond donors (Lipinski definition) is 1. The summed E-state index contributed by atoms with van der Waals surface area (Å²) in [5.74, 6) is 0.542. The molecule has 2 rings (SSSR count). The molecule has 4 nitrogen and oxygen atoms in total. The SMILES string of the molecule is Clc1ccc(NN=Cc2cccc(Br)c2)nn1. The van der Waals surface area contributed by atoms with Gasteiger partial charge in [-0.1, -0.05) is 39.7 Å². The van der Waals surface area contributed by atoms with Crippen molar-refractivity contribution in [2.24, 2.45) is 5.10 Å². The molecule has 0 spiro atoms. The number of rotatable bonds is 3. The van der Waals surface area contributed by atoms with E-state index >= 15 is 0 Å². The van der Waals surface area contributed by atoms with E-state index in [4.69, 9.17) is 11.6 Å². The largest absolute Gasteiger partial charge is 0.260 e. The van der Waals surface area contributed by atoms with Crippen molar-refractivity contribution in [1.29, 1.82) is 0 Å². The highest BCUT2D eigenvalue weighted by atomic mass is 79.9. The molecule has 6 heteroatoms. The highest BCUT2D eigenvalue weighted by Crippen LogP contribution is 2.10. The molecule has 0 fully saturated rings. The zero-order valence-electron chi connectivity index (χ0n) is 8.64. The third kappa shape index (κ3) is 3.80. The van der Waals surface area contributed by atoms with Gasteiger partial charge in [-0.2, -0.15) is 5.10 Å². The third-order valence-corrected chi connectivity index (χ3v) is 2.57. The van der Waals surface area contributed by atoms with Crippen LogP contribution in [0.15, 0.2) is 46.0 Å². The number of benzene rings is 1. The molecule has 1 heterocycles. The van der Waals surface area contributed by atoms with Gasteiger partial charge in [0.1, 0.15) is 0 Å². The minimum atomic E-state index is 0.353. The van der Waals surface area contributed by atoms with Crippen LogP contribution in [0.2, 0.25) is 5.15 Å². The summed E-state index contributed by atoms with van der Waals surface area (Å²) < 4.78 is 1.01. The Balaban J connectivity index is 2.00. The van der Waals surface area contributed by atoms with Crippen molar-refractivity contribution >= 4 is 39.6 Å². The quantitative estimate of drug-likeness (QED) is 0.698. The summed E-state index contributed by atoms with van der Waals surface area (Å²) in [4.78, 5) is 0. The van der Waals surface area contributed by atoms with Crippen molar-refractivity contribution < 1.29 is 0 Å². The first kappa shape index (κ1) is 12.0. The smallest absolute Gasteiger partial charge is 0.168 e. The van der Waals surface area contributed by atoms with Crippen LogP contribution in [0, 0.1) is 0 Å². The van der Waals surface area contributed by atoms with Gasteiger partial charge in [0.2, 0.25) is 0 Å². The Morgan fingerprint density at radius 1 is 1.24 bits per heavy atom. The highest BCUT2D eigenvalue weighted by Gasteiger charge is 1.93. The molecule has 0 aliphatic heterocycles. The molecule has 0 saturated carbocycles. The van der Waals surface area contributed by atoms with Crippen LogP contribution in [0.25, 0.3) is 0 Å². The van der Waals surface area contributed by atoms with E-state index in [2.05, 4.69) is 36.7 Å². The zero-order chi connectivity index (χ0) is 12.1. The molecule has 86 valence electrons. The van der Waals surface area contributed by atoms with Crippen LogP contribution >= 0.6 is 27.5 Å². The van der Waals surface area contributed by atoms with Gasteiger partial charge in [-0.05, 0) is 29.8 Å².